The van der Waals surface area contributed by atoms with Gasteiger partial charge in [0.2, 0.25) is 0 Å². The number of hydrogen-bond donors (Lipinski definition) is 3. The van der Waals surface area contributed by atoms with E-state index in [4.69, 9.17) is 33.2 Å². The minimum atomic E-state index is -1.40. The quantitative estimate of drug-likeness (QED) is 0.154. The van der Waals surface area contributed by atoms with Gasteiger partial charge in [-0.15, -0.1) is 0 Å². The molecule has 2 fully saturated rings. The van der Waals surface area contributed by atoms with Gasteiger partial charge < -0.3 is 48.5 Å². The second-order valence-electron chi connectivity index (χ2n) is 12.6. The normalized spacial score (nSPS) is 27.9. The van der Waals surface area contributed by atoms with Gasteiger partial charge in [0.05, 0.1) is 38.1 Å². The summed E-state index contributed by atoms with van der Waals surface area (Å²) >= 11 is 0. The molecule has 0 spiro atoms. The van der Waals surface area contributed by atoms with Crippen molar-refractivity contribution in [1.29, 1.82) is 0 Å². The number of carbonyl (C=O) groups excluding carboxylic acids is 1. The Bertz CT molecular complexity index is 1590. The van der Waals surface area contributed by atoms with E-state index in [0.717, 1.165) is 16.7 Å². The molecule has 11 heteroatoms. The predicted molar refractivity (Wildman–Crippen MR) is 184 cm³/mol. The molecule has 3 N–H and O–H groups in total. The highest BCUT2D eigenvalue weighted by Gasteiger charge is 2.50. The molecule has 0 amide bonds. The SMILES string of the molecule is O=C(OC[C@H]1O[C@@H](O[C@H]2[C@H](OCc3ccccc3)[C@@H](OCc3ccccc3)[C@H](O)O[C@@H]2COCc2ccccc2)C[C@@H](O)[C@H]1O)c1ccccc1. The van der Waals surface area contributed by atoms with Crippen molar-refractivity contribution in [3.05, 3.63) is 144 Å². The molecule has 0 saturated carbocycles. The maximum Gasteiger partial charge on any atom is 0.338 e. The van der Waals surface area contributed by atoms with E-state index in [9.17, 15) is 20.1 Å². The van der Waals surface area contributed by atoms with E-state index < -0.39 is 61.3 Å². The van der Waals surface area contributed by atoms with Crippen molar-refractivity contribution in [3.8, 4) is 0 Å². The van der Waals surface area contributed by atoms with Crippen molar-refractivity contribution in [3.63, 3.8) is 0 Å². The van der Waals surface area contributed by atoms with Gasteiger partial charge in [-0.25, -0.2) is 4.79 Å². The highest BCUT2D eigenvalue weighted by Crippen LogP contribution is 2.33. The molecule has 2 saturated heterocycles. The number of aliphatic hydroxyl groups excluding tert-OH is 3. The molecule has 0 unspecified atom stereocenters. The zero-order valence-electron chi connectivity index (χ0n) is 28.1. The molecule has 270 valence electrons. The minimum absolute atomic E-state index is 0.0171. The summed E-state index contributed by atoms with van der Waals surface area (Å²) in [6.45, 7) is 0.312. The minimum Gasteiger partial charge on any atom is -0.459 e. The molecule has 2 heterocycles. The third-order valence-corrected chi connectivity index (χ3v) is 8.81. The van der Waals surface area contributed by atoms with E-state index in [1.54, 1.807) is 30.3 Å². The van der Waals surface area contributed by atoms with E-state index in [0.29, 0.717) is 5.56 Å². The largest absolute Gasteiger partial charge is 0.459 e. The average Bonchev–Trinajstić information content (AvgIpc) is 3.17. The lowest BCUT2D eigenvalue weighted by atomic mass is 9.97. The summed E-state index contributed by atoms with van der Waals surface area (Å²) in [6.07, 6.45) is -9.94. The van der Waals surface area contributed by atoms with Gasteiger partial charge in [-0.05, 0) is 28.8 Å². The van der Waals surface area contributed by atoms with Gasteiger partial charge in [-0.3, -0.25) is 0 Å². The first-order valence-electron chi connectivity index (χ1n) is 17.1. The van der Waals surface area contributed by atoms with Gasteiger partial charge in [0.15, 0.2) is 12.6 Å². The first-order valence-corrected chi connectivity index (χ1v) is 17.1. The van der Waals surface area contributed by atoms with Crippen molar-refractivity contribution < 1.29 is 53.3 Å². The number of esters is 1. The summed E-state index contributed by atoms with van der Waals surface area (Å²) in [5.74, 6) is -0.595. The van der Waals surface area contributed by atoms with Crippen LogP contribution in [-0.2, 0) is 53.0 Å². The van der Waals surface area contributed by atoms with Crippen LogP contribution in [-0.4, -0.2) is 89.8 Å². The molecule has 2 aliphatic heterocycles. The highest BCUT2D eigenvalue weighted by molar-refractivity contribution is 5.89. The number of aliphatic hydroxyl groups is 3. The fraction of sp³-hybridized carbons (Fsp3) is 0.375. The van der Waals surface area contributed by atoms with Crippen LogP contribution in [0.1, 0.15) is 33.5 Å². The number of benzene rings is 4. The summed E-state index contributed by atoms with van der Waals surface area (Å²) in [4.78, 5) is 12.6. The lowest BCUT2D eigenvalue weighted by Crippen LogP contribution is -2.63. The fourth-order valence-corrected chi connectivity index (χ4v) is 6.09. The number of ether oxygens (including phenoxy) is 7. The third kappa shape index (κ3) is 10.3. The lowest BCUT2D eigenvalue weighted by Gasteiger charge is -2.46. The van der Waals surface area contributed by atoms with Gasteiger partial charge >= 0.3 is 5.97 Å². The summed E-state index contributed by atoms with van der Waals surface area (Å²) in [6, 6.07) is 37.2. The highest BCUT2D eigenvalue weighted by atomic mass is 16.7. The molecule has 51 heavy (non-hydrogen) atoms. The molecular weight excluding hydrogens is 656 g/mol. The Morgan fingerprint density at radius 2 is 1.14 bits per heavy atom. The molecule has 9 atom stereocenters. The van der Waals surface area contributed by atoms with Crippen molar-refractivity contribution in [1.82, 2.24) is 0 Å². The van der Waals surface area contributed by atoms with Crippen molar-refractivity contribution in [2.45, 2.75) is 81.5 Å². The van der Waals surface area contributed by atoms with Crippen LogP contribution in [0.2, 0.25) is 0 Å². The van der Waals surface area contributed by atoms with Crippen LogP contribution in [0.5, 0.6) is 0 Å². The maximum absolute atomic E-state index is 12.6. The standard InChI is InChI=1S/C40H44O11/c41-31-21-34(49-32(35(31)42)26-48-39(43)30-19-11-4-12-20-30)51-36-33(25-45-22-27-13-5-1-6-14-27)50-40(44)38(47-24-29-17-9-3-10-18-29)37(36)46-23-28-15-7-2-8-16-28/h1-20,31-38,40-42,44H,21-26H2/t31-,32-,33-,34+,35-,36-,37+,38-,40-/m1/s1. The summed E-state index contributed by atoms with van der Waals surface area (Å²) in [5, 5.41) is 33.0. The van der Waals surface area contributed by atoms with Crippen LogP contribution >= 0.6 is 0 Å². The molecule has 4 aromatic carbocycles. The van der Waals surface area contributed by atoms with Crippen molar-refractivity contribution in [2.75, 3.05) is 13.2 Å². The average molecular weight is 701 g/mol. The second-order valence-corrected chi connectivity index (χ2v) is 12.6. The number of hydrogen-bond acceptors (Lipinski definition) is 11. The second kappa shape index (κ2) is 18.5. The molecule has 11 nitrogen and oxygen atoms in total. The Kier molecular flexibility index (Phi) is 13.3. The van der Waals surface area contributed by atoms with Crippen LogP contribution in [0.15, 0.2) is 121 Å². The molecule has 2 aliphatic rings. The van der Waals surface area contributed by atoms with Gasteiger partial charge in [0.1, 0.15) is 43.2 Å². The molecule has 4 aromatic rings. The van der Waals surface area contributed by atoms with Crippen LogP contribution < -0.4 is 0 Å². The Morgan fingerprint density at radius 3 is 1.73 bits per heavy atom. The van der Waals surface area contributed by atoms with E-state index in [2.05, 4.69) is 0 Å². The fourth-order valence-electron chi connectivity index (χ4n) is 6.09. The zero-order chi connectivity index (χ0) is 35.4. The molecule has 6 rings (SSSR count). The molecule has 0 aromatic heterocycles. The first kappa shape index (κ1) is 36.8. The van der Waals surface area contributed by atoms with E-state index in [-0.39, 0.29) is 39.5 Å². The molecule has 0 aliphatic carbocycles. The third-order valence-electron chi connectivity index (χ3n) is 8.81. The van der Waals surface area contributed by atoms with Gasteiger partial charge in [0.25, 0.3) is 0 Å². The van der Waals surface area contributed by atoms with Gasteiger partial charge in [-0.2, -0.15) is 0 Å². The molecular formula is C40H44O11. The zero-order valence-corrected chi connectivity index (χ0v) is 28.1. The van der Waals surface area contributed by atoms with Gasteiger partial charge in [0, 0.05) is 6.42 Å². The van der Waals surface area contributed by atoms with Crippen LogP contribution in [0.25, 0.3) is 0 Å². The Balaban J connectivity index is 1.22. The number of carbonyl (C=O) groups is 1. The van der Waals surface area contributed by atoms with E-state index >= 15 is 0 Å². The summed E-state index contributed by atoms with van der Waals surface area (Å²) in [5.41, 5.74) is 3.07. The van der Waals surface area contributed by atoms with Crippen LogP contribution in [0, 0.1) is 0 Å². The van der Waals surface area contributed by atoms with Crippen LogP contribution in [0.4, 0.5) is 0 Å². The Hall–Kier alpha value is -4.01. The molecule has 0 radical (unpaired) electrons. The van der Waals surface area contributed by atoms with E-state index in [1.165, 1.54) is 0 Å². The predicted octanol–water partition coefficient (Wildman–Crippen LogP) is 4.17. The monoisotopic (exact) mass is 700 g/mol. The van der Waals surface area contributed by atoms with Crippen molar-refractivity contribution in [2.24, 2.45) is 0 Å². The smallest absolute Gasteiger partial charge is 0.338 e. The lowest BCUT2D eigenvalue weighted by molar-refractivity contribution is -0.349. The van der Waals surface area contributed by atoms with Gasteiger partial charge in [-0.1, -0.05) is 109 Å². The number of rotatable bonds is 15. The molecule has 0 bridgehead atoms. The Morgan fingerprint density at radius 1 is 0.608 bits per heavy atom. The maximum atomic E-state index is 12.6. The Labute approximate surface area is 297 Å². The van der Waals surface area contributed by atoms with E-state index in [1.807, 2.05) is 91.0 Å². The summed E-state index contributed by atoms with van der Waals surface area (Å²) < 4.78 is 43.1. The van der Waals surface area contributed by atoms with Crippen molar-refractivity contribution >= 4 is 5.97 Å². The first-order chi connectivity index (χ1) is 24.9. The van der Waals surface area contributed by atoms with Crippen LogP contribution in [0.3, 0.4) is 0 Å². The summed E-state index contributed by atoms with van der Waals surface area (Å²) in [7, 11) is 0. The topological polar surface area (TPSA) is 142 Å².